The highest BCUT2D eigenvalue weighted by molar-refractivity contribution is 7.29. The number of carbonyl (C=O) groups is 2. The first kappa shape index (κ1) is 38.2. The zero-order valence-corrected chi connectivity index (χ0v) is 36.2. The SMILES string of the molecule is Cc1ccc(-c2ccc(-c3ccc(-c4ccc(-c5sc(C)c6c5C(=O)N(CCCCCCCC#C[Si](C(C)C)(C(C)C)C(C)C)C6=O)s4)s3)s2)s1. The molecule has 0 spiro atoms. The molecule has 0 unspecified atom stereocenters. The maximum absolute atomic E-state index is 13.7. The first-order chi connectivity index (χ1) is 24.4. The van der Waals surface area contributed by atoms with Crippen LogP contribution in [0.2, 0.25) is 16.6 Å². The van der Waals surface area contributed by atoms with E-state index in [0.29, 0.717) is 34.3 Å². The smallest absolute Gasteiger partial charge is 0.263 e. The molecule has 0 saturated heterocycles. The Morgan fingerprint density at radius 2 is 1.02 bits per heavy atom. The number of rotatable bonds is 14. The topological polar surface area (TPSA) is 37.4 Å². The van der Waals surface area contributed by atoms with Crippen LogP contribution in [0.4, 0.5) is 0 Å². The van der Waals surface area contributed by atoms with Gasteiger partial charge in [0.2, 0.25) is 0 Å². The van der Waals surface area contributed by atoms with Gasteiger partial charge in [-0.05, 0) is 91.8 Å². The Morgan fingerprint density at radius 3 is 1.55 bits per heavy atom. The quantitative estimate of drug-likeness (QED) is 0.0486. The molecule has 0 saturated carbocycles. The van der Waals surface area contributed by atoms with Gasteiger partial charge in [0.15, 0.2) is 0 Å². The van der Waals surface area contributed by atoms with Crippen LogP contribution in [0, 0.1) is 25.3 Å². The summed E-state index contributed by atoms with van der Waals surface area (Å²) in [6.07, 6.45) is 6.19. The van der Waals surface area contributed by atoms with E-state index in [1.165, 1.54) is 39.0 Å². The second kappa shape index (κ2) is 16.2. The molecule has 6 heterocycles. The van der Waals surface area contributed by atoms with E-state index in [1.54, 1.807) is 22.7 Å². The average Bonchev–Trinajstić information content (AvgIpc) is 3.92. The minimum atomic E-state index is -1.65. The highest BCUT2D eigenvalue weighted by Crippen LogP contribution is 2.48. The first-order valence-electron chi connectivity index (χ1n) is 18.3. The van der Waals surface area contributed by atoms with Crippen molar-refractivity contribution in [2.75, 3.05) is 6.54 Å². The van der Waals surface area contributed by atoms with E-state index in [-0.39, 0.29) is 11.8 Å². The molecule has 2 amide bonds. The molecule has 0 fully saturated rings. The fourth-order valence-corrected chi connectivity index (χ4v) is 18.5. The van der Waals surface area contributed by atoms with Gasteiger partial charge in [-0.2, -0.15) is 0 Å². The van der Waals surface area contributed by atoms with Gasteiger partial charge in [0.1, 0.15) is 8.07 Å². The number of amides is 2. The molecule has 268 valence electrons. The van der Waals surface area contributed by atoms with Gasteiger partial charge in [-0.1, -0.05) is 60.8 Å². The minimum absolute atomic E-state index is 0.119. The van der Waals surface area contributed by atoms with Crippen LogP contribution < -0.4 is 0 Å². The average molecular weight is 788 g/mol. The van der Waals surface area contributed by atoms with Crippen LogP contribution in [-0.2, 0) is 0 Å². The monoisotopic (exact) mass is 787 g/mol. The maximum atomic E-state index is 13.7. The Kier molecular flexibility index (Phi) is 12.1. The van der Waals surface area contributed by atoms with E-state index >= 15 is 0 Å². The van der Waals surface area contributed by atoms with Gasteiger partial charge in [0.05, 0.1) is 16.0 Å². The van der Waals surface area contributed by atoms with E-state index in [2.05, 4.69) is 108 Å². The molecule has 51 heavy (non-hydrogen) atoms. The molecule has 3 nitrogen and oxygen atoms in total. The summed E-state index contributed by atoms with van der Waals surface area (Å²) >= 11 is 8.78. The second-order valence-corrected chi connectivity index (χ2v) is 26.0. The van der Waals surface area contributed by atoms with Gasteiger partial charge in [0, 0.05) is 56.9 Å². The van der Waals surface area contributed by atoms with Crippen LogP contribution in [0.15, 0.2) is 48.5 Å². The fraction of sp³-hybridized carbons (Fsp3) is 0.429. The van der Waals surface area contributed by atoms with Gasteiger partial charge >= 0.3 is 0 Å². The van der Waals surface area contributed by atoms with E-state index in [0.717, 1.165) is 53.2 Å². The van der Waals surface area contributed by atoms with Crippen LogP contribution in [0.25, 0.3) is 39.0 Å². The zero-order chi connectivity index (χ0) is 36.4. The van der Waals surface area contributed by atoms with Crippen molar-refractivity contribution in [3.63, 3.8) is 0 Å². The van der Waals surface area contributed by atoms with E-state index in [1.807, 2.05) is 40.9 Å². The standard InChI is InChI=1S/C42H49NO2S5Si/c1-26(2)51(27(3)4,28(5)6)25-15-13-11-9-10-12-14-24-43-41(44)38-30(8)47-40(39(38)42(43)45)37-23-22-36(50-37)35-21-20-34(49-35)33-19-18-32(48-33)31-17-16-29(7)46-31/h16-23,26-28H,9-14,24H2,1-8H3. The van der Waals surface area contributed by atoms with Crippen molar-refractivity contribution in [3.05, 3.63) is 69.4 Å². The molecule has 5 aromatic heterocycles. The molecular weight excluding hydrogens is 739 g/mol. The number of carbonyl (C=O) groups excluding carboxylic acids is 2. The molecule has 5 aromatic rings. The summed E-state index contributed by atoms with van der Waals surface area (Å²) in [5.74, 6) is 3.35. The van der Waals surface area contributed by atoms with Crippen molar-refractivity contribution >= 4 is 76.6 Å². The first-order valence-corrected chi connectivity index (χ1v) is 24.6. The number of fused-ring (bicyclic) bond motifs is 1. The molecule has 0 radical (unpaired) electrons. The van der Waals surface area contributed by atoms with Gasteiger partial charge in [-0.25, -0.2) is 0 Å². The highest BCUT2D eigenvalue weighted by Gasteiger charge is 2.42. The van der Waals surface area contributed by atoms with Crippen molar-refractivity contribution in [2.24, 2.45) is 0 Å². The third kappa shape index (κ3) is 7.74. The molecule has 0 atom stereocenters. The highest BCUT2D eigenvalue weighted by atomic mass is 32.1. The summed E-state index contributed by atoms with van der Waals surface area (Å²) < 4.78 is 0. The fourth-order valence-electron chi connectivity index (χ4n) is 7.77. The molecule has 0 N–H and O–H groups in total. The van der Waals surface area contributed by atoms with Crippen LogP contribution in [0.3, 0.4) is 0 Å². The lowest BCUT2D eigenvalue weighted by Gasteiger charge is -2.38. The van der Waals surface area contributed by atoms with E-state index < -0.39 is 8.07 Å². The van der Waals surface area contributed by atoms with Crippen LogP contribution in [0.1, 0.15) is 111 Å². The van der Waals surface area contributed by atoms with Gasteiger partial charge in [-0.3, -0.25) is 14.5 Å². The van der Waals surface area contributed by atoms with Crippen LogP contribution >= 0.6 is 56.7 Å². The minimum Gasteiger partial charge on any atom is -0.274 e. The normalized spacial score (nSPS) is 13.3. The van der Waals surface area contributed by atoms with Gasteiger partial charge in [-0.15, -0.1) is 68.1 Å². The summed E-state index contributed by atoms with van der Waals surface area (Å²) in [6, 6.07) is 17.5. The van der Waals surface area contributed by atoms with Crippen molar-refractivity contribution in [1.29, 1.82) is 0 Å². The van der Waals surface area contributed by atoms with Crippen molar-refractivity contribution in [2.45, 2.75) is 111 Å². The molecule has 0 bridgehead atoms. The van der Waals surface area contributed by atoms with E-state index in [4.69, 9.17) is 0 Å². The van der Waals surface area contributed by atoms with Gasteiger partial charge in [0.25, 0.3) is 11.8 Å². The Morgan fingerprint density at radius 1 is 0.569 bits per heavy atom. The van der Waals surface area contributed by atoms with Crippen molar-refractivity contribution < 1.29 is 9.59 Å². The molecule has 1 aliphatic heterocycles. The number of nitrogens with zero attached hydrogens (tertiary/aromatic N) is 1. The number of hydrogen-bond donors (Lipinski definition) is 0. The zero-order valence-electron chi connectivity index (χ0n) is 31.1. The molecule has 6 rings (SSSR count). The largest absolute Gasteiger partial charge is 0.274 e. The summed E-state index contributed by atoms with van der Waals surface area (Å²) in [6.45, 7) is 18.8. The molecule has 1 aliphatic rings. The predicted octanol–water partition coefficient (Wildman–Crippen LogP) is 14.4. The van der Waals surface area contributed by atoms with Gasteiger partial charge < -0.3 is 0 Å². The third-order valence-electron chi connectivity index (χ3n) is 10.4. The van der Waals surface area contributed by atoms with Crippen molar-refractivity contribution in [1.82, 2.24) is 4.90 Å². The second-order valence-electron chi connectivity index (χ2n) is 14.6. The number of imide groups is 1. The number of thiophene rings is 5. The Hall–Kier alpha value is -2.58. The van der Waals surface area contributed by atoms with E-state index in [9.17, 15) is 9.59 Å². The molecule has 0 aliphatic carbocycles. The Bertz CT molecular complexity index is 2050. The lowest BCUT2D eigenvalue weighted by atomic mass is 10.1. The van der Waals surface area contributed by atoms with Crippen LogP contribution in [0.5, 0.6) is 0 Å². The third-order valence-corrected chi connectivity index (χ3v) is 22.8. The molecule has 0 aromatic carbocycles. The Balaban J connectivity index is 1.03. The Labute approximate surface area is 325 Å². The number of aryl methyl sites for hydroxylation is 2. The summed E-state index contributed by atoms with van der Waals surface area (Å²) in [5, 5.41) is 0. The lowest BCUT2D eigenvalue weighted by Crippen LogP contribution is -2.43. The molecule has 9 heteroatoms. The lowest BCUT2D eigenvalue weighted by molar-refractivity contribution is 0.0651. The predicted molar refractivity (Wildman–Crippen MR) is 229 cm³/mol. The van der Waals surface area contributed by atoms with Crippen LogP contribution in [-0.4, -0.2) is 31.3 Å². The number of hydrogen-bond acceptors (Lipinski definition) is 7. The molecular formula is C42H49NO2S5Si. The van der Waals surface area contributed by atoms with Crippen molar-refractivity contribution in [3.8, 4) is 50.5 Å². The number of unbranched alkanes of at least 4 members (excludes halogenated alkanes) is 5. The summed E-state index contributed by atoms with van der Waals surface area (Å²) in [5.41, 5.74) is 7.07. The summed E-state index contributed by atoms with van der Waals surface area (Å²) in [7, 11) is -1.65. The summed E-state index contributed by atoms with van der Waals surface area (Å²) in [4.78, 5) is 40.6. The maximum Gasteiger partial charge on any atom is 0.263 e.